The number of thiocarbonyl (C=S) groups is 1. The summed E-state index contributed by atoms with van der Waals surface area (Å²) >= 11 is 5.42. The van der Waals surface area contributed by atoms with Crippen molar-refractivity contribution in [1.82, 2.24) is 10.2 Å². The second kappa shape index (κ2) is 7.58. The molecule has 134 valence electrons. The summed E-state index contributed by atoms with van der Waals surface area (Å²) in [6.07, 6.45) is 0. The Morgan fingerprint density at radius 3 is 2.42 bits per heavy atom. The Morgan fingerprint density at radius 2 is 1.81 bits per heavy atom. The van der Waals surface area contributed by atoms with Crippen molar-refractivity contribution in [3.05, 3.63) is 71.4 Å². The minimum atomic E-state index is -0.326. The van der Waals surface area contributed by atoms with Crippen molar-refractivity contribution in [1.29, 1.82) is 0 Å². The molecule has 1 aliphatic rings. The van der Waals surface area contributed by atoms with Gasteiger partial charge in [-0.05, 0) is 49.0 Å². The molecule has 2 aromatic rings. The minimum absolute atomic E-state index is 0.156. The van der Waals surface area contributed by atoms with Gasteiger partial charge in [-0.2, -0.15) is 0 Å². The Kier molecular flexibility index (Phi) is 5.23. The van der Waals surface area contributed by atoms with Gasteiger partial charge in [-0.25, -0.2) is 0 Å². The van der Waals surface area contributed by atoms with Crippen LogP contribution in [0.2, 0.25) is 0 Å². The number of ether oxygens (including phenoxy) is 1. The summed E-state index contributed by atoms with van der Waals surface area (Å²) < 4.78 is 5.22. The Bertz CT molecular complexity index is 847. The Labute approximate surface area is 158 Å². The average molecular weight is 367 g/mol. The van der Waals surface area contributed by atoms with E-state index in [1.54, 1.807) is 7.11 Å². The molecule has 0 fully saturated rings. The SMILES string of the molecule is COc1ccc([C@H]2NC(=S)N(C)C(C)=C2C(=O)Nc2ccccc2)cc1. The summed E-state index contributed by atoms with van der Waals surface area (Å²) in [5.74, 6) is 0.608. The Balaban J connectivity index is 1.98. The molecule has 26 heavy (non-hydrogen) atoms. The van der Waals surface area contributed by atoms with Gasteiger partial charge in [-0.1, -0.05) is 30.3 Å². The van der Waals surface area contributed by atoms with E-state index in [9.17, 15) is 4.79 Å². The van der Waals surface area contributed by atoms with Crippen LogP contribution in [0.15, 0.2) is 65.9 Å². The summed E-state index contributed by atoms with van der Waals surface area (Å²) in [6, 6.07) is 16.7. The molecule has 1 heterocycles. The van der Waals surface area contributed by atoms with E-state index in [4.69, 9.17) is 17.0 Å². The highest BCUT2D eigenvalue weighted by atomic mass is 32.1. The van der Waals surface area contributed by atoms with Crippen molar-refractivity contribution in [2.45, 2.75) is 13.0 Å². The van der Waals surface area contributed by atoms with Crippen LogP contribution in [0.4, 0.5) is 5.69 Å². The van der Waals surface area contributed by atoms with Crippen LogP contribution >= 0.6 is 12.2 Å². The zero-order valence-electron chi connectivity index (χ0n) is 14.9. The van der Waals surface area contributed by atoms with Crippen LogP contribution in [-0.4, -0.2) is 30.1 Å². The maximum Gasteiger partial charge on any atom is 0.255 e. The highest BCUT2D eigenvalue weighted by molar-refractivity contribution is 7.80. The van der Waals surface area contributed by atoms with E-state index in [0.717, 1.165) is 22.7 Å². The van der Waals surface area contributed by atoms with E-state index in [1.165, 1.54) is 0 Å². The lowest BCUT2D eigenvalue weighted by Gasteiger charge is -2.35. The van der Waals surface area contributed by atoms with Crippen molar-refractivity contribution < 1.29 is 9.53 Å². The number of methoxy groups -OCH3 is 1. The molecule has 1 atom stereocenters. The third-order valence-corrected chi connectivity index (χ3v) is 4.87. The van der Waals surface area contributed by atoms with Crippen molar-refractivity contribution in [3.63, 3.8) is 0 Å². The number of rotatable bonds is 4. The van der Waals surface area contributed by atoms with Crippen LogP contribution in [0, 0.1) is 0 Å². The van der Waals surface area contributed by atoms with Gasteiger partial charge in [0.25, 0.3) is 5.91 Å². The number of anilines is 1. The van der Waals surface area contributed by atoms with E-state index in [2.05, 4.69) is 10.6 Å². The summed E-state index contributed by atoms with van der Waals surface area (Å²) in [5, 5.41) is 6.82. The minimum Gasteiger partial charge on any atom is -0.497 e. The molecular formula is C20H21N3O2S. The quantitative estimate of drug-likeness (QED) is 0.811. The number of nitrogens with zero attached hydrogens (tertiary/aromatic N) is 1. The molecule has 5 nitrogen and oxygen atoms in total. The van der Waals surface area contributed by atoms with E-state index in [-0.39, 0.29) is 11.9 Å². The number of carbonyl (C=O) groups excluding carboxylic acids is 1. The number of carbonyl (C=O) groups is 1. The van der Waals surface area contributed by atoms with Gasteiger partial charge in [-0.15, -0.1) is 0 Å². The predicted molar refractivity (Wildman–Crippen MR) is 107 cm³/mol. The molecule has 2 N–H and O–H groups in total. The largest absolute Gasteiger partial charge is 0.497 e. The molecule has 0 saturated carbocycles. The van der Waals surface area contributed by atoms with Gasteiger partial charge in [0, 0.05) is 18.4 Å². The van der Waals surface area contributed by atoms with E-state index >= 15 is 0 Å². The number of benzene rings is 2. The zero-order chi connectivity index (χ0) is 18.7. The topological polar surface area (TPSA) is 53.6 Å². The summed E-state index contributed by atoms with van der Waals surface area (Å²) in [4.78, 5) is 14.8. The lowest BCUT2D eigenvalue weighted by atomic mass is 9.94. The fraction of sp³-hybridized carbons (Fsp3) is 0.200. The molecule has 0 spiro atoms. The van der Waals surface area contributed by atoms with Crippen molar-refractivity contribution in [2.75, 3.05) is 19.5 Å². The summed E-state index contributed by atoms with van der Waals surface area (Å²) in [7, 11) is 3.48. The van der Waals surface area contributed by atoms with Gasteiger partial charge in [0.15, 0.2) is 5.11 Å². The zero-order valence-corrected chi connectivity index (χ0v) is 15.8. The molecule has 3 rings (SSSR count). The lowest BCUT2D eigenvalue weighted by Crippen LogP contribution is -2.46. The van der Waals surface area contributed by atoms with Crippen molar-refractivity contribution in [2.24, 2.45) is 0 Å². The van der Waals surface area contributed by atoms with Gasteiger partial charge in [-0.3, -0.25) is 4.79 Å². The predicted octanol–water partition coefficient (Wildman–Crippen LogP) is 3.47. The number of nitrogens with one attached hydrogen (secondary N) is 2. The lowest BCUT2D eigenvalue weighted by molar-refractivity contribution is -0.113. The number of para-hydroxylation sites is 1. The Hall–Kier alpha value is -2.86. The van der Waals surface area contributed by atoms with Gasteiger partial charge >= 0.3 is 0 Å². The molecular weight excluding hydrogens is 346 g/mol. The van der Waals surface area contributed by atoms with Crippen LogP contribution in [0.5, 0.6) is 5.75 Å². The molecule has 0 radical (unpaired) electrons. The first kappa shape index (κ1) is 17.9. The molecule has 1 amide bonds. The monoisotopic (exact) mass is 367 g/mol. The number of hydrogen-bond acceptors (Lipinski definition) is 3. The maximum absolute atomic E-state index is 13.0. The van der Waals surface area contributed by atoms with Crippen LogP contribution in [0.25, 0.3) is 0 Å². The fourth-order valence-corrected chi connectivity index (χ4v) is 3.15. The first-order chi connectivity index (χ1) is 12.5. The smallest absolute Gasteiger partial charge is 0.255 e. The molecule has 0 bridgehead atoms. The van der Waals surface area contributed by atoms with E-state index in [1.807, 2.05) is 73.5 Å². The van der Waals surface area contributed by atoms with Gasteiger partial charge < -0.3 is 20.3 Å². The Morgan fingerprint density at radius 1 is 1.15 bits per heavy atom. The second-order valence-corrected chi connectivity index (χ2v) is 6.42. The molecule has 6 heteroatoms. The van der Waals surface area contributed by atoms with E-state index in [0.29, 0.717) is 10.7 Å². The highest BCUT2D eigenvalue weighted by Crippen LogP contribution is 2.31. The summed E-state index contributed by atoms with van der Waals surface area (Å²) in [6.45, 7) is 1.91. The third-order valence-electron chi connectivity index (χ3n) is 4.48. The molecule has 2 aromatic carbocycles. The van der Waals surface area contributed by atoms with Gasteiger partial charge in [0.1, 0.15) is 5.75 Å². The van der Waals surface area contributed by atoms with Crippen LogP contribution in [-0.2, 0) is 4.79 Å². The highest BCUT2D eigenvalue weighted by Gasteiger charge is 2.32. The molecule has 0 aliphatic carbocycles. The van der Waals surface area contributed by atoms with Gasteiger partial charge in [0.2, 0.25) is 0 Å². The number of amides is 1. The van der Waals surface area contributed by atoms with Crippen LogP contribution < -0.4 is 15.4 Å². The number of hydrogen-bond donors (Lipinski definition) is 2. The molecule has 0 unspecified atom stereocenters. The molecule has 1 aliphatic heterocycles. The average Bonchev–Trinajstić information content (AvgIpc) is 2.66. The number of allylic oxidation sites excluding steroid dienone is 1. The van der Waals surface area contributed by atoms with Crippen LogP contribution in [0.3, 0.4) is 0 Å². The molecule has 0 aromatic heterocycles. The van der Waals surface area contributed by atoms with Crippen LogP contribution in [0.1, 0.15) is 18.5 Å². The third kappa shape index (κ3) is 3.55. The fourth-order valence-electron chi connectivity index (χ4n) is 2.90. The summed E-state index contributed by atoms with van der Waals surface area (Å²) in [5.41, 5.74) is 3.15. The second-order valence-electron chi connectivity index (χ2n) is 6.03. The normalized spacial score (nSPS) is 17.0. The maximum atomic E-state index is 13.0. The first-order valence-electron chi connectivity index (χ1n) is 8.26. The van der Waals surface area contributed by atoms with Crippen molar-refractivity contribution in [3.8, 4) is 5.75 Å². The van der Waals surface area contributed by atoms with E-state index < -0.39 is 0 Å². The molecule has 0 saturated heterocycles. The van der Waals surface area contributed by atoms with Crippen molar-refractivity contribution >= 4 is 28.9 Å². The standard InChI is InChI=1S/C20H21N3O2S/c1-13-17(19(24)21-15-7-5-4-6-8-15)18(22-20(26)23(13)2)14-9-11-16(25-3)12-10-14/h4-12,18H,1-3H3,(H,21,24)(H,22,26)/t18-/m1/s1. The van der Waals surface area contributed by atoms with Gasteiger partial charge in [0.05, 0.1) is 18.7 Å². The first-order valence-corrected chi connectivity index (χ1v) is 8.67.